The van der Waals surface area contributed by atoms with Gasteiger partial charge in [0.1, 0.15) is 0 Å². The molecule has 2 aromatic rings. The summed E-state index contributed by atoms with van der Waals surface area (Å²) in [7, 11) is -4.20. The molecule has 31 heavy (non-hydrogen) atoms. The molecule has 3 rings (SSSR count). The first kappa shape index (κ1) is 22.5. The van der Waals surface area contributed by atoms with Crippen molar-refractivity contribution in [3.63, 3.8) is 0 Å². The molecule has 0 aromatic heterocycles. The highest BCUT2D eigenvalue weighted by Gasteiger charge is 2.39. The average Bonchev–Trinajstić information content (AvgIpc) is 2.77. The minimum atomic E-state index is -4.20. The van der Waals surface area contributed by atoms with E-state index in [0.717, 1.165) is 5.56 Å². The van der Waals surface area contributed by atoms with Crippen LogP contribution in [0.2, 0.25) is 0 Å². The third-order valence-corrected chi connectivity index (χ3v) is 7.05. The SMILES string of the molecule is CC(=O)N1CCN(C(=O)[C@@H](NC(=O)c2cccc(C)c2)S(=O)(=O)c2ccccc2)CC1. The van der Waals surface area contributed by atoms with Gasteiger partial charge in [0.15, 0.2) is 0 Å². The molecule has 1 fully saturated rings. The standard InChI is InChI=1S/C22H25N3O5S/c1-16-7-6-8-18(15-16)20(27)23-21(31(29,30)19-9-4-3-5-10-19)22(28)25-13-11-24(12-14-25)17(2)26/h3-10,15,21H,11-14H2,1-2H3,(H,23,27)/t21-/m0/s1. The molecule has 1 aliphatic heterocycles. The van der Waals surface area contributed by atoms with Crippen molar-refractivity contribution in [2.24, 2.45) is 0 Å². The lowest BCUT2D eigenvalue weighted by Crippen LogP contribution is -2.57. The van der Waals surface area contributed by atoms with E-state index in [1.807, 2.05) is 13.0 Å². The highest BCUT2D eigenvalue weighted by Crippen LogP contribution is 2.18. The maximum atomic E-state index is 13.3. The number of nitrogens with one attached hydrogen (secondary N) is 1. The Labute approximate surface area is 181 Å². The minimum absolute atomic E-state index is 0.0553. The van der Waals surface area contributed by atoms with Gasteiger partial charge in [-0.15, -0.1) is 0 Å². The molecule has 0 aliphatic carbocycles. The number of carbonyl (C=O) groups is 3. The first-order valence-electron chi connectivity index (χ1n) is 9.91. The molecule has 1 atom stereocenters. The molecule has 1 saturated heterocycles. The van der Waals surface area contributed by atoms with E-state index in [1.165, 1.54) is 24.0 Å². The van der Waals surface area contributed by atoms with Gasteiger partial charge in [-0.1, -0.05) is 35.9 Å². The number of nitrogens with zero attached hydrogens (tertiary/aromatic N) is 2. The zero-order valence-electron chi connectivity index (χ0n) is 17.4. The molecule has 8 nitrogen and oxygen atoms in total. The van der Waals surface area contributed by atoms with Crippen LogP contribution >= 0.6 is 0 Å². The second-order valence-electron chi connectivity index (χ2n) is 7.41. The Kier molecular flexibility index (Phi) is 6.74. The van der Waals surface area contributed by atoms with Crippen LogP contribution in [0, 0.1) is 6.92 Å². The van der Waals surface area contributed by atoms with E-state index >= 15 is 0 Å². The molecular weight excluding hydrogens is 418 g/mol. The number of hydrogen-bond acceptors (Lipinski definition) is 5. The van der Waals surface area contributed by atoms with Crippen LogP contribution < -0.4 is 5.32 Å². The summed E-state index contributed by atoms with van der Waals surface area (Å²) in [6.45, 7) is 4.27. The van der Waals surface area contributed by atoms with Gasteiger partial charge in [-0.3, -0.25) is 14.4 Å². The summed E-state index contributed by atoms with van der Waals surface area (Å²) >= 11 is 0. The van der Waals surface area contributed by atoms with Gasteiger partial charge in [0.05, 0.1) is 4.90 Å². The van der Waals surface area contributed by atoms with Crippen molar-refractivity contribution >= 4 is 27.6 Å². The molecule has 1 aliphatic rings. The third-order valence-electron chi connectivity index (χ3n) is 5.19. The molecule has 0 bridgehead atoms. The van der Waals surface area contributed by atoms with E-state index in [9.17, 15) is 22.8 Å². The Morgan fingerprint density at radius 2 is 1.52 bits per heavy atom. The fourth-order valence-electron chi connectivity index (χ4n) is 3.41. The number of rotatable bonds is 5. The zero-order valence-corrected chi connectivity index (χ0v) is 18.3. The second kappa shape index (κ2) is 9.30. The summed E-state index contributed by atoms with van der Waals surface area (Å²) in [5.74, 6) is -1.47. The first-order valence-corrected chi connectivity index (χ1v) is 11.5. The van der Waals surface area contributed by atoms with Crippen LogP contribution in [0.3, 0.4) is 0 Å². The van der Waals surface area contributed by atoms with Gasteiger partial charge in [-0.25, -0.2) is 8.42 Å². The number of aryl methyl sites for hydroxylation is 1. The van der Waals surface area contributed by atoms with Gasteiger partial charge in [0.25, 0.3) is 11.8 Å². The van der Waals surface area contributed by atoms with E-state index in [-0.39, 0.29) is 29.5 Å². The van der Waals surface area contributed by atoms with Crippen LogP contribution in [0.1, 0.15) is 22.8 Å². The molecule has 0 spiro atoms. The van der Waals surface area contributed by atoms with Crippen molar-refractivity contribution in [3.05, 3.63) is 65.7 Å². The predicted octanol–water partition coefficient (Wildman–Crippen LogP) is 1.22. The monoisotopic (exact) mass is 443 g/mol. The highest BCUT2D eigenvalue weighted by molar-refractivity contribution is 7.92. The summed E-state index contributed by atoms with van der Waals surface area (Å²) in [5, 5.41) is 0.660. The Hall–Kier alpha value is -3.20. The Morgan fingerprint density at radius 3 is 2.10 bits per heavy atom. The lowest BCUT2D eigenvalue weighted by molar-refractivity contribution is -0.138. The second-order valence-corrected chi connectivity index (χ2v) is 9.45. The molecule has 0 saturated carbocycles. The van der Waals surface area contributed by atoms with Crippen molar-refractivity contribution < 1.29 is 22.8 Å². The molecule has 1 heterocycles. The van der Waals surface area contributed by atoms with Crippen LogP contribution in [0.25, 0.3) is 0 Å². The van der Waals surface area contributed by atoms with Crippen molar-refractivity contribution in [2.45, 2.75) is 24.1 Å². The van der Waals surface area contributed by atoms with Crippen LogP contribution in [-0.2, 0) is 19.4 Å². The van der Waals surface area contributed by atoms with E-state index in [2.05, 4.69) is 5.32 Å². The van der Waals surface area contributed by atoms with E-state index in [4.69, 9.17) is 0 Å². The Balaban J connectivity index is 1.90. The van der Waals surface area contributed by atoms with Gasteiger partial charge in [-0.05, 0) is 31.2 Å². The van der Waals surface area contributed by atoms with Crippen LogP contribution in [0.5, 0.6) is 0 Å². The summed E-state index contributed by atoms with van der Waals surface area (Å²) < 4.78 is 26.6. The van der Waals surface area contributed by atoms with Crippen LogP contribution in [0.15, 0.2) is 59.5 Å². The number of benzene rings is 2. The highest BCUT2D eigenvalue weighted by atomic mass is 32.2. The van der Waals surface area contributed by atoms with Crippen molar-refractivity contribution in [1.29, 1.82) is 0 Å². The molecule has 1 N–H and O–H groups in total. The Morgan fingerprint density at radius 1 is 0.903 bits per heavy atom. The predicted molar refractivity (Wildman–Crippen MR) is 115 cm³/mol. The minimum Gasteiger partial charge on any atom is -0.339 e. The van der Waals surface area contributed by atoms with Crippen LogP contribution in [-0.4, -0.2) is 67.5 Å². The summed E-state index contributed by atoms with van der Waals surface area (Å²) in [5.41, 5.74) is 1.10. The van der Waals surface area contributed by atoms with E-state index < -0.39 is 27.0 Å². The first-order chi connectivity index (χ1) is 14.7. The molecular formula is C22H25N3O5S. The number of piperazine rings is 1. The molecule has 2 aromatic carbocycles. The fraction of sp³-hybridized carbons (Fsp3) is 0.318. The van der Waals surface area contributed by atoms with Crippen LogP contribution in [0.4, 0.5) is 0 Å². The number of hydrogen-bond donors (Lipinski definition) is 1. The van der Waals surface area contributed by atoms with Crippen molar-refractivity contribution in [1.82, 2.24) is 15.1 Å². The quantitative estimate of drug-likeness (QED) is 0.748. The maximum Gasteiger partial charge on any atom is 0.261 e. The van der Waals surface area contributed by atoms with Crippen molar-refractivity contribution in [2.75, 3.05) is 26.2 Å². The smallest absolute Gasteiger partial charge is 0.261 e. The lowest BCUT2D eigenvalue weighted by Gasteiger charge is -2.36. The number of amides is 3. The molecule has 0 unspecified atom stereocenters. The van der Waals surface area contributed by atoms with Gasteiger partial charge in [0.2, 0.25) is 21.1 Å². The zero-order chi connectivity index (χ0) is 22.6. The lowest BCUT2D eigenvalue weighted by atomic mass is 10.1. The summed E-state index contributed by atoms with van der Waals surface area (Å²) in [6.07, 6.45) is 0. The number of sulfone groups is 1. The van der Waals surface area contributed by atoms with Gasteiger partial charge < -0.3 is 15.1 Å². The van der Waals surface area contributed by atoms with Gasteiger partial charge >= 0.3 is 0 Å². The average molecular weight is 444 g/mol. The Bertz CT molecular complexity index is 1080. The molecule has 3 amide bonds. The maximum absolute atomic E-state index is 13.3. The van der Waals surface area contributed by atoms with Crippen molar-refractivity contribution in [3.8, 4) is 0 Å². The van der Waals surface area contributed by atoms with Gasteiger partial charge in [0, 0.05) is 38.7 Å². The molecule has 164 valence electrons. The summed E-state index contributed by atoms with van der Waals surface area (Å²) in [4.78, 5) is 40.5. The normalized spacial score (nSPS) is 15.3. The van der Waals surface area contributed by atoms with E-state index in [0.29, 0.717) is 13.1 Å². The summed E-state index contributed by atoms with van der Waals surface area (Å²) in [6, 6.07) is 14.3. The number of carbonyl (C=O) groups excluding carboxylic acids is 3. The largest absolute Gasteiger partial charge is 0.339 e. The topological polar surface area (TPSA) is 104 Å². The van der Waals surface area contributed by atoms with Gasteiger partial charge in [-0.2, -0.15) is 0 Å². The molecule has 9 heteroatoms. The molecule has 0 radical (unpaired) electrons. The third kappa shape index (κ3) is 5.11. The van der Waals surface area contributed by atoms with E-state index in [1.54, 1.807) is 41.3 Å². The fourth-order valence-corrected chi connectivity index (χ4v) is 4.90.